The third-order valence-electron chi connectivity index (χ3n) is 5.46. The van der Waals surface area contributed by atoms with E-state index in [9.17, 15) is 14.5 Å². The van der Waals surface area contributed by atoms with Crippen LogP contribution in [0.1, 0.15) is 54.9 Å². The largest absolute Gasteiger partial charge is 0.509 e. The van der Waals surface area contributed by atoms with E-state index in [2.05, 4.69) is 30.9 Å². The van der Waals surface area contributed by atoms with Crippen molar-refractivity contribution in [2.45, 2.75) is 60.9 Å². The van der Waals surface area contributed by atoms with Gasteiger partial charge in [0.25, 0.3) is 5.91 Å². The van der Waals surface area contributed by atoms with Gasteiger partial charge in [-0.25, -0.2) is 0 Å². The highest BCUT2D eigenvalue weighted by Gasteiger charge is 2.48. The molecule has 1 amide bonds. The van der Waals surface area contributed by atoms with Crippen LogP contribution >= 0.6 is 7.52 Å². The van der Waals surface area contributed by atoms with Gasteiger partial charge in [0.1, 0.15) is 11.3 Å². The Balaban J connectivity index is 2.08. The highest BCUT2D eigenvalue weighted by molar-refractivity contribution is 7.66. The van der Waals surface area contributed by atoms with Crippen LogP contribution in [0.2, 0.25) is 0 Å². The molecule has 1 aromatic carbocycles. The molecule has 0 radical (unpaired) electrons. The number of hydrogen-bond donors (Lipinski definition) is 2. The van der Waals surface area contributed by atoms with E-state index in [1.54, 1.807) is 30.0 Å². The minimum atomic E-state index is -3.58. The number of aliphatic hydroxyl groups is 1. The van der Waals surface area contributed by atoms with Crippen molar-refractivity contribution < 1.29 is 19.0 Å². The minimum Gasteiger partial charge on any atom is -0.509 e. The Morgan fingerprint density at radius 1 is 1.19 bits per heavy atom. The molecule has 31 heavy (non-hydrogen) atoms. The van der Waals surface area contributed by atoms with Crippen molar-refractivity contribution in [2.75, 3.05) is 18.5 Å². The first kappa shape index (κ1) is 23.6. The summed E-state index contributed by atoms with van der Waals surface area (Å²) in [5, 5.41) is 14.8. The van der Waals surface area contributed by atoms with Gasteiger partial charge in [-0.1, -0.05) is 53.7 Å². The summed E-state index contributed by atoms with van der Waals surface area (Å²) in [5.41, 5.74) is 0.280. The van der Waals surface area contributed by atoms with E-state index in [0.717, 1.165) is 6.42 Å². The molecular weight excluding hydrogens is 413 g/mol. The molecule has 0 saturated heterocycles. The van der Waals surface area contributed by atoms with Crippen LogP contribution in [0.4, 0.5) is 5.69 Å². The van der Waals surface area contributed by atoms with Crippen LogP contribution < -0.4 is 10.6 Å². The van der Waals surface area contributed by atoms with Crippen molar-refractivity contribution in [3.63, 3.8) is 0 Å². The predicted molar refractivity (Wildman–Crippen MR) is 125 cm³/mol. The first-order valence-corrected chi connectivity index (χ1v) is 12.3. The molecule has 7 nitrogen and oxygen atoms in total. The zero-order valence-electron chi connectivity index (χ0n) is 19.5. The molecular formula is C23H34N3O4P. The van der Waals surface area contributed by atoms with E-state index in [1.165, 1.54) is 0 Å². The summed E-state index contributed by atoms with van der Waals surface area (Å²) < 4.78 is 23.5. The van der Waals surface area contributed by atoms with E-state index in [0.29, 0.717) is 17.5 Å². The zero-order valence-corrected chi connectivity index (χ0v) is 20.4. The first-order valence-electron chi connectivity index (χ1n) is 10.7. The number of aliphatic hydroxyl groups excluding tert-OH is 1. The van der Waals surface area contributed by atoms with E-state index < -0.39 is 19.0 Å². The third-order valence-corrected chi connectivity index (χ3v) is 7.53. The Morgan fingerprint density at radius 3 is 2.42 bits per heavy atom. The van der Waals surface area contributed by atoms with Crippen molar-refractivity contribution >= 4 is 30.3 Å². The van der Waals surface area contributed by atoms with E-state index >= 15 is 0 Å². The van der Waals surface area contributed by atoms with Gasteiger partial charge in [0.05, 0.1) is 23.6 Å². The number of carbonyl (C=O) groups excluding carboxylic acids is 1. The predicted octanol–water partition coefficient (Wildman–Crippen LogP) is 4.87. The number of benzene rings is 1. The Morgan fingerprint density at radius 2 is 1.84 bits per heavy atom. The second kappa shape index (κ2) is 8.10. The summed E-state index contributed by atoms with van der Waals surface area (Å²) in [6.07, 6.45) is 0.784. The monoisotopic (exact) mass is 447 g/mol. The summed E-state index contributed by atoms with van der Waals surface area (Å²) in [5.74, 6) is -0.249. The second-order valence-corrected chi connectivity index (χ2v) is 12.3. The summed E-state index contributed by atoms with van der Waals surface area (Å²) in [4.78, 5) is 15.2. The van der Waals surface area contributed by atoms with Crippen molar-refractivity contribution in [2.24, 2.45) is 15.6 Å². The second-order valence-electron chi connectivity index (χ2n) is 10.4. The van der Waals surface area contributed by atoms with Gasteiger partial charge in [0.2, 0.25) is 0 Å². The van der Waals surface area contributed by atoms with Crippen molar-refractivity contribution in [1.29, 1.82) is 0 Å². The Hall–Kier alpha value is -2.11. The molecule has 3 rings (SSSR count). The van der Waals surface area contributed by atoms with Gasteiger partial charge in [0.15, 0.2) is 5.84 Å². The smallest absolute Gasteiger partial charge is 0.348 e. The maximum Gasteiger partial charge on any atom is 0.348 e. The maximum absolute atomic E-state index is 13.6. The molecule has 1 unspecified atom stereocenters. The average Bonchev–Trinajstić information content (AvgIpc) is 2.89. The standard InChI is InChI=1S/C23H34N3O4P/c1-8-30-31(29)16-12-10-9-11-15(16)24-20(25-31)17-18(27)19(23(5,6)7)26(21(17)28)14-13-22(2,3)4/h9-12,19,27H,8,13-14H2,1-7H3,(H,24,25,29)/t19-,31?/m1/s1. The van der Waals surface area contributed by atoms with Gasteiger partial charge in [0, 0.05) is 6.54 Å². The van der Waals surface area contributed by atoms with Crippen molar-refractivity contribution in [1.82, 2.24) is 4.90 Å². The lowest BCUT2D eigenvalue weighted by Crippen LogP contribution is -2.45. The fraction of sp³-hybridized carbons (Fsp3) is 0.565. The van der Waals surface area contributed by atoms with Crippen LogP contribution in [0.25, 0.3) is 0 Å². The SMILES string of the molecule is CCOP1(=O)N=C(C2=C(O)[C@H](C(C)(C)C)N(CCC(C)(C)C)C2=O)Nc2ccccc21. The van der Waals surface area contributed by atoms with Gasteiger partial charge in [-0.3, -0.25) is 9.36 Å². The summed E-state index contributed by atoms with van der Waals surface area (Å²) in [7, 11) is -3.58. The molecule has 1 aromatic rings. The molecule has 2 N–H and O–H groups in total. The Bertz CT molecular complexity index is 985. The molecule has 170 valence electrons. The lowest BCUT2D eigenvalue weighted by molar-refractivity contribution is -0.128. The number of hydrogen-bond acceptors (Lipinski definition) is 5. The highest BCUT2D eigenvalue weighted by Crippen LogP contribution is 2.52. The molecule has 2 atom stereocenters. The number of amides is 1. The lowest BCUT2D eigenvalue weighted by atomic mass is 9.84. The van der Waals surface area contributed by atoms with E-state index in [4.69, 9.17) is 4.52 Å². The molecule has 8 heteroatoms. The lowest BCUT2D eigenvalue weighted by Gasteiger charge is -2.36. The average molecular weight is 448 g/mol. The van der Waals surface area contributed by atoms with E-state index in [1.807, 2.05) is 26.8 Å². The zero-order chi connectivity index (χ0) is 23.2. The van der Waals surface area contributed by atoms with Crippen LogP contribution in [0.3, 0.4) is 0 Å². The number of anilines is 1. The molecule has 2 aliphatic heterocycles. The number of nitrogens with one attached hydrogen (secondary N) is 1. The Kier molecular flexibility index (Phi) is 6.16. The first-order chi connectivity index (χ1) is 14.3. The molecule has 0 aromatic heterocycles. The number of carbonyl (C=O) groups is 1. The molecule has 0 aliphatic carbocycles. The number of nitrogens with zero attached hydrogens (tertiary/aromatic N) is 2. The van der Waals surface area contributed by atoms with Crippen LogP contribution in [0.5, 0.6) is 0 Å². The normalized spacial score (nSPS) is 24.2. The molecule has 0 saturated carbocycles. The maximum atomic E-state index is 13.6. The fourth-order valence-electron chi connectivity index (χ4n) is 3.99. The molecule has 0 fully saturated rings. The number of amidine groups is 1. The van der Waals surface area contributed by atoms with Crippen LogP contribution in [-0.4, -0.2) is 40.9 Å². The summed E-state index contributed by atoms with van der Waals surface area (Å²) >= 11 is 0. The minimum absolute atomic E-state index is 0.0330. The van der Waals surface area contributed by atoms with Crippen LogP contribution in [-0.2, 0) is 13.9 Å². The summed E-state index contributed by atoms with van der Waals surface area (Å²) in [6.45, 7) is 14.8. The van der Waals surface area contributed by atoms with Gasteiger partial charge in [-0.2, -0.15) is 4.76 Å². The van der Waals surface area contributed by atoms with Gasteiger partial charge in [-0.05, 0) is 36.3 Å². The van der Waals surface area contributed by atoms with Crippen LogP contribution in [0.15, 0.2) is 40.4 Å². The molecule has 0 spiro atoms. The molecule has 2 aliphatic rings. The molecule has 2 heterocycles. The van der Waals surface area contributed by atoms with Crippen molar-refractivity contribution in [3.05, 3.63) is 35.6 Å². The summed E-state index contributed by atoms with van der Waals surface area (Å²) in [6, 6.07) is 6.56. The van der Waals surface area contributed by atoms with Gasteiger partial charge < -0.3 is 19.8 Å². The number of para-hydroxylation sites is 1. The Labute approximate surface area is 185 Å². The number of rotatable bonds is 5. The number of fused-ring (bicyclic) bond motifs is 1. The quantitative estimate of drug-likeness (QED) is 0.629. The fourth-order valence-corrected chi connectivity index (χ4v) is 5.77. The van der Waals surface area contributed by atoms with Crippen molar-refractivity contribution in [3.8, 4) is 0 Å². The topological polar surface area (TPSA) is 91.2 Å². The van der Waals surface area contributed by atoms with Crippen LogP contribution in [0, 0.1) is 10.8 Å². The van der Waals surface area contributed by atoms with Gasteiger partial charge in [-0.15, -0.1) is 0 Å². The van der Waals surface area contributed by atoms with E-state index in [-0.39, 0.29) is 35.1 Å². The highest BCUT2D eigenvalue weighted by atomic mass is 31.2. The van der Waals surface area contributed by atoms with Gasteiger partial charge >= 0.3 is 7.52 Å². The third kappa shape index (κ3) is 4.58. The molecule has 0 bridgehead atoms.